The molecule has 0 aromatic heterocycles. The van der Waals surface area contributed by atoms with Gasteiger partial charge in [0.1, 0.15) is 19.0 Å². The molecule has 4 rings (SSSR count). The maximum atomic E-state index is 13.3. The van der Waals surface area contributed by atoms with Crippen LogP contribution >= 0.6 is 23.2 Å². The van der Waals surface area contributed by atoms with Crippen LogP contribution in [0.1, 0.15) is 37.4 Å². The number of esters is 2. The van der Waals surface area contributed by atoms with Crippen molar-refractivity contribution in [3.05, 3.63) is 129 Å². The van der Waals surface area contributed by atoms with Crippen molar-refractivity contribution in [3.8, 4) is 0 Å². The number of hydrogen-bond donors (Lipinski definition) is 2. The monoisotopic (exact) mass is 734 g/mol. The van der Waals surface area contributed by atoms with Crippen LogP contribution in [-0.4, -0.2) is 49.8 Å². The summed E-state index contributed by atoms with van der Waals surface area (Å²) in [5, 5.41) is 5.75. The number of carbonyl (C=O) groups is 4. The van der Waals surface area contributed by atoms with E-state index in [1.807, 2.05) is 0 Å². The van der Waals surface area contributed by atoms with Crippen molar-refractivity contribution in [3.63, 3.8) is 0 Å². The summed E-state index contributed by atoms with van der Waals surface area (Å²) in [5.74, 6) is -3.20. The normalized spacial score (nSPS) is 11.2. The molecule has 0 aliphatic rings. The molecule has 0 spiro atoms. The van der Waals surface area contributed by atoms with E-state index in [2.05, 4.69) is 10.6 Å². The fraction of sp³-hybridized carbons (Fsp3) is 0.200. The van der Waals surface area contributed by atoms with Gasteiger partial charge >= 0.3 is 18.1 Å². The van der Waals surface area contributed by atoms with E-state index in [4.69, 9.17) is 37.4 Å². The first kappa shape index (κ1) is 38.0. The molecular formula is C35H28Cl2F4N2O7. The van der Waals surface area contributed by atoms with Crippen LogP contribution in [0.5, 0.6) is 0 Å². The Hall–Kier alpha value is -4.82. The van der Waals surface area contributed by atoms with Gasteiger partial charge in [0, 0.05) is 21.4 Å². The fourth-order valence-electron chi connectivity index (χ4n) is 4.34. The van der Waals surface area contributed by atoms with Gasteiger partial charge in [0.05, 0.1) is 43.0 Å². The quantitative estimate of drug-likeness (QED) is 0.0683. The summed E-state index contributed by atoms with van der Waals surface area (Å²) >= 11 is 11.6. The number of alkyl halides is 3. The van der Waals surface area contributed by atoms with Gasteiger partial charge in [-0.3, -0.25) is 9.59 Å². The summed E-state index contributed by atoms with van der Waals surface area (Å²) < 4.78 is 68.5. The van der Waals surface area contributed by atoms with E-state index in [1.165, 1.54) is 60.7 Å². The van der Waals surface area contributed by atoms with E-state index in [1.54, 1.807) is 12.1 Å². The van der Waals surface area contributed by atoms with E-state index >= 15 is 0 Å². The second-order valence-electron chi connectivity index (χ2n) is 10.6. The lowest BCUT2D eigenvalue weighted by Crippen LogP contribution is -2.20. The van der Waals surface area contributed by atoms with Gasteiger partial charge in [0.25, 0.3) is 0 Å². The molecule has 2 N–H and O–H groups in total. The number of carbonyl (C=O) groups excluding carboxylic acids is 4. The zero-order valence-electron chi connectivity index (χ0n) is 26.0. The lowest BCUT2D eigenvalue weighted by atomic mass is 10.1. The van der Waals surface area contributed by atoms with Crippen LogP contribution in [0, 0.1) is 5.82 Å². The molecule has 0 fully saturated rings. The number of ether oxygens (including phenoxy) is 3. The first-order chi connectivity index (χ1) is 23.8. The third-order valence-corrected chi connectivity index (χ3v) is 7.38. The molecule has 15 heteroatoms. The minimum Gasteiger partial charge on any atom is -0.386 e. The molecule has 0 heterocycles. The summed E-state index contributed by atoms with van der Waals surface area (Å²) in [6, 6.07) is 18.8. The second kappa shape index (κ2) is 17.7. The van der Waals surface area contributed by atoms with Gasteiger partial charge in [-0.25, -0.2) is 14.0 Å². The fourth-order valence-corrected chi connectivity index (χ4v) is 4.74. The second-order valence-corrected chi connectivity index (χ2v) is 11.5. The highest BCUT2D eigenvalue weighted by molar-refractivity contribution is 6.31. The van der Waals surface area contributed by atoms with Crippen LogP contribution in [0.3, 0.4) is 0 Å². The number of halogens is 6. The third kappa shape index (κ3) is 11.7. The molecule has 0 aliphatic carbocycles. The highest BCUT2D eigenvalue weighted by Crippen LogP contribution is 2.34. The molecule has 0 saturated carbocycles. The number of ketones is 2. The van der Waals surface area contributed by atoms with Crippen molar-refractivity contribution in [2.24, 2.45) is 0 Å². The molecule has 50 heavy (non-hydrogen) atoms. The van der Waals surface area contributed by atoms with Gasteiger partial charge in [0.15, 0.2) is 11.6 Å². The van der Waals surface area contributed by atoms with Crippen molar-refractivity contribution in [2.75, 3.05) is 36.9 Å². The lowest BCUT2D eigenvalue weighted by molar-refractivity contribution is -0.139. The minimum atomic E-state index is -4.64. The van der Waals surface area contributed by atoms with Crippen molar-refractivity contribution >= 4 is 58.1 Å². The molecule has 4 aromatic rings. The molecular weight excluding hydrogens is 707 g/mol. The highest BCUT2D eigenvalue weighted by atomic mass is 35.5. The van der Waals surface area contributed by atoms with Crippen LogP contribution in [-0.2, 0) is 43.2 Å². The van der Waals surface area contributed by atoms with E-state index < -0.39 is 48.5 Å². The standard InChI is InChI=1S/C35H28Cl2F4N2O7/c36-25-9-7-23(31(13-25)35(39,40)41)17-48-19-29(44)15-42-27-5-1-3-21(11-27)33(46)50-34(47)22-4-2-6-28(12-22)43-16-30(45)20-49-18-24-8-10-26(38)14-32(24)37/h1-14,42-43H,15-20H2. The highest BCUT2D eigenvalue weighted by Gasteiger charge is 2.33. The zero-order valence-corrected chi connectivity index (χ0v) is 27.5. The number of rotatable bonds is 16. The molecule has 0 bridgehead atoms. The lowest BCUT2D eigenvalue weighted by Gasteiger charge is -2.13. The molecule has 0 saturated heterocycles. The first-order valence-electron chi connectivity index (χ1n) is 14.7. The topological polar surface area (TPSA) is 120 Å². The van der Waals surface area contributed by atoms with E-state index in [0.717, 1.165) is 12.1 Å². The predicted octanol–water partition coefficient (Wildman–Crippen LogP) is 7.54. The number of nitrogens with one attached hydrogen (secondary N) is 2. The number of Topliss-reactive ketones (excluding diaryl/α,β-unsaturated/α-hetero) is 2. The predicted molar refractivity (Wildman–Crippen MR) is 177 cm³/mol. The Balaban J connectivity index is 1.21. The smallest absolute Gasteiger partial charge is 0.386 e. The van der Waals surface area contributed by atoms with Gasteiger partial charge in [-0.2, -0.15) is 13.2 Å². The Bertz CT molecular complexity index is 1870. The summed E-state index contributed by atoms with van der Waals surface area (Å²) in [4.78, 5) is 49.9. The number of benzene rings is 4. The van der Waals surface area contributed by atoms with Crippen LogP contribution in [0.25, 0.3) is 0 Å². The molecule has 0 radical (unpaired) electrons. The maximum Gasteiger partial charge on any atom is 0.416 e. The number of anilines is 2. The van der Waals surface area contributed by atoms with Crippen molar-refractivity contribution in [2.45, 2.75) is 19.4 Å². The summed E-state index contributed by atoms with van der Waals surface area (Å²) in [5.41, 5.74) is 0.150. The molecule has 4 aromatic carbocycles. The van der Waals surface area contributed by atoms with E-state index in [9.17, 15) is 36.7 Å². The Labute approximate surface area is 293 Å². The van der Waals surface area contributed by atoms with Gasteiger partial charge in [-0.15, -0.1) is 0 Å². The SMILES string of the molecule is O=C(CNc1cccc(C(=O)OC(=O)c2cccc(NCC(=O)COCc3ccc(Cl)cc3C(F)(F)F)c2)c1)COCc1ccc(F)cc1Cl. The molecule has 0 aliphatic heterocycles. The van der Waals surface area contributed by atoms with Gasteiger partial charge < -0.3 is 24.8 Å². The van der Waals surface area contributed by atoms with Crippen molar-refractivity contribution in [1.82, 2.24) is 0 Å². The molecule has 0 unspecified atom stereocenters. The Morgan fingerprint density at radius 2 is 1.18 bits per heavy atom. The Morgan fingerprint density at radius 1 is 0.660 bits per heavy atom. The Morgan fingerprint density at radius 3 is 1.70 bits per heavy atom. The first-order valence-corrected chi connectivity index (χ1v) is 15.5. The van der Waals surface area contributed by atoms with Gasteiger partial charge in [0.2, 0.25) is 0 Å². The largest absolute Gasteiger partial charge is 0.416 e. The van der Waals surface area contributed by atoms with E-state index in [0.29, 0.717) is 16.9 Å². The van der Waals surface area contributed by atoms with Crippen molar-refractivity contribution in [1.29, 1.82) is 0 Å². The van der Waals surface area contributed by atoms with Gasteiger partial charge in [-0.1, -0.05) is 47.5 Å². The summed E-state index contributed by atoms with van der Waals surface area (Å²) in [6.07, 6.45) is -4.64. The molecule has 9 nitrogen and oxygen atoms in total. The van der Waals surface area contributed by atoms with Crippen LogP contribution in [0.4, 0.5) is 28.9 Å². The van der Waals surface area contributed by atoms with Crippen LogP contribution in [0.2, 0.25) is 10.0 Å². The van der Waals surface area contributed by atoms with Crippen LogP contribution in [0.15, 0.2) is 84.9 Å². The average Bonchev–Trinajstić information content (AvgIpc) is 3.08. The zero-order chi connectivity index (χ0) is 36.3. The summed E-state index contributed by atoms with van der Waals surface area (Å²) in [6.45, 7) is -1.58. The minimum absolute atomic E-state index is 0.00346. The van der Waals surface area contributed by atoms with E-state index in [-0.39, 0.29) is 58.8 Å². The summed E-state index contributed by atoms with van der Waals surface area (Å²) in [7, 11) is 0. The molecule has 262 valence electrons. The Kier molecular flexibility index (Phi) is 13.5. The van der Waals surface area contributed by atoms with Crippen molar-refractivity contribution < 1.29 is 51.0 Å². The van der Waals surface area contributed by atoms with Gasteiger partial charge in [-0.05, 0) is 71.8 Å². The number of hydrogen-bond acceptors (Lipinski definition) is 9. The average molecular weight is 736 g/mol. The van der Waals surface area contributed by atoms with Crippen LogP contribution < -0.4 is 10.6 Å². The third-order valence-electron chi connectivity index (χ3n) is 6.79. The maximum absolute atomic E-state index is 13.3. The molecule has 0 atom stereocenters. The molecule has 0 amide bonds.